The zero-order valence-electron chi connectivity index (χ0n) is 7.82. The molecule has 5 nitrogen and oxygen atoms in total. The molecule has 0 bridgehead atoms. The van der Waals surface area contributed by atoms with Crippen molar-refractivity contribution in [2.24, 2.45) is 0 Å². The highest BCUT2D eigenvalue weighted by atomic mass is 35.5. The highest BCUT2D eigenvalue weighted by molar-refractivity contribution is 6.32. The van der Waals surface area contributed by atoms with Gasteiger partial charge in [0, 0.05) is 12.1 Å². The molecule has 0 aromatic heterocycles. The van der Waals surface area contributed by atoms with Crippen molar-refractivity contribution >= 4 is 23.0 Å². The van der Waals surface area contributed by atoms with Gasteiger partial charge in [-0.1, -0.05) is 11.6 Å². The number of anilines is 1. The second-order valence-corrected chi connectivity index (χ2v) is 3.21. The van der Waals surface area contributed by atoms with E-state index in [2.05, 4.69) is 4.74 Å². The molecule has 0 aliphatic rings. The van der Waals surface area contributed by atoms with Crippen molar-refractivity contribution in [1.82, 2.24) is 0 Å². The second-order valence-electron chi connectivity index (χ2n) is 2.80. The van der Waals surface area contributed by atoms with Gasteiger partial charge in [-0.25, -0.2) is 8.78 Å². The average molecular weight is 253 g/mol. The summed E-state index contributed by atoms with van der Waals surface area (Å²) >= 11 is 5.60. The zero-order chi connectivity index (χ0) is 12.3. The number of halogens is 3. The number of rotatable bonds is 4. The van der Waals surface area contributed by atoms with Gasteiger partial charge < -0.3 is 10.5 Å². The first kappa shape index (κ1) is 12.4. The predicted molar refractivity (Wildman–Crippen MR) is 54.0 cm³/mol. The van der Waals surface area contributed by atoms with Crippen LogP contribution in [0.25, 0.3) is 0 Å². The van der Waals surface area contributed by atoms with E-state index in [0.717, 1.165) is 12.1 Å². The summed E-state index contributed by atoms with van der Waals surface area (Å²) in [4.78, 5) is 9.73. The maximum atomic E-state index is 11.9. The summed E-state index contributed by atoms with van der Waals surface area (Å²) in [7, 11) is 0. The molecule has 2 N–H and O–H groups in total. The largest absolute Gasteiger partial charge is 0.486 e. The molecule has 16 heavy (non-hydrogen) atoms. The first-order valence-electron chi connectivity index (χ1n) is 4.06. The number of benzene rings is 1. The topological polar surface area (TPSA) is 78.4 Å². The molecule has 0 aliphatic carbocycles. The van der Waals surface area contributed by atoms with Gasteiger partial charge in [0.15, 0.2) is 0 Å². The molecule has 0 saturated heterocycles. The monoisotopic (exact) mass is 252 g/mol. The maximum Gasteiger partial charge on any atom is 0.293 e. The Morgan fingerprint density at radius 2 is 2.19 bits per heavy atom. The van der Waals surface area contributed by atoms with Gasteiger partial charge in [-0.3, -0.25) is 10.1 Å². The smallest absolute Gasteiger partial charge is 0.293 e. The lowest BCUT2D eigenvalue weighted by Gasteiger charge is -2.08. The number of hydrogen-bond acceptors (Lipinski definition) is 4. The van der Waals surface area contributed by atoms with E-state index in [0.29, 0.717) is 0 Å². The molecule has 0 radical (unpaired) electrons. The molecule has 8 heteroatoms. The Morgan fingerprint density at radius 3 is 2.69 bits per heavy atom. The van der Waals surface area contributed by atoms with Gasteiger partial charge in [-0.15, -0.1) is 0 Å². The van der Waals surface area contributed by atoms with Crippen molar-refractivity contribution < 1.29 is 18.4 Å². The summed E-state index contributed by atoms with van der Waals surface area (Å²) in [6.07, 6.45) is -2.66. The maximum absolute atomic E-state index is 11.9. The van der Waals surface area contributed by atoms with Crippen molar-refractivity contribution in [1.29, 1.82) is 0 Å². The number of nitro groups is 1. The molecule has 1 rings (SSSR count). The lowest BCUT2D eigenvalue weighted by Crippen LogP contribution is -2.08. The molecule has 0 amide bonds. The number of nitrogens with zero attached hydrogens (tertiary/aromatic N) is 1. The predicted octanol–water partition coefficient (Wildman–Crippen LogP) is 2.47. The van der Waals surface area contributed by atoms with E-state index in [1.807, 2.05) is 0 Å². The van der Waals surface area contributed by atoms with Crippen molar-refractivity contribution in [2.75, 3.05) is 12.3 Å². The molecule has 88 valence electrons. The Bertz CT molecular complexity index is 415. The fraction of sp³-hybridized carbons (Fsp3) is 0.250. The van der Waals surface area contributed by atoms with Gasteiger partial charge in [0.05, 0.1) is 9.95 Å². The Labute approximate surface area is 93.9 Å². The number of nitro benzene ring substituents is 1. The SMILES string of the molecule is Nc1cc(OCC(F)F)c(Cl)cc1[N+](=O)[O-]. The molecule has 0 spiro atoms. The molecule has 0 unspecified atom stereocenters. The fourth-order valence-corrected chi connectivity index (χ4v) is 1.19. The molecule has 1 aromatic carbocycles. The standard InChI is InChI=1S/C8H7ClF2N2O3/c9-4-1-6(13(14)15)5(12)2-7(4)16-3-8(10)11/h1-2,8H,3,12H2. The first-order valence-corrected chi connectivity index (χ1v) is 4.44. The van der Waals surface area contributed by atoms with Crippen LogP contribution in [-0.4, -0.2) is 18.0 Å². The highest BCUT2D eigenvalue weighted by Crippen LogP contribution is 2.34. The van der Waals surface area contributed by atoms with Crippen LogP contribution in [0.4, 0.5) is 20.2 Å². The summed E-state index contributed by atoms with van der Waals surface area (Å²) in [6, 6.07) is 2.00. The van der Waals surface area contributed by atoms with Crippen LogP contribution in [0.3, 0.4) is 0 Å². The molecule has 0 saturated carbocycles. The Hall–Kier alpha value is -1.63. The van der Waals surface area contributed by atoms with E-state index < -0.39 is 23.6 Å². The van der Waals surface area contributed by atoms with Crippen LogP contribution in [0.15, 0.2) is 12.1 Å². The zero-order valence-corrected chi connectivity index (χ0v) is 8.58. The van der Waals surface area contributed by atoms with E-state index in [-0.39, 0.29) is 16.5 Å². The minimum absolute atomic E-state index is 0.106. The summed E-state index contributed by atoms with van der Waals surface area (Å²) in [6.45, 7) is -0.850. The van der Waals surface area contributed by atoms with Gasteiger partial charge in [0.1, 0.15) is 18.0 Å². The van der Waals surface area contributed by atoms with Crippen LogP contribution in [0.2, 0.25) is 5.02 Å². The van der Waals surface area contributed by atoms with Gasteiger partial charge in [-0.05, 0) is 0 Å². The highest BCUT2D eigenvalue weighted by Gasteiger charge is 2.16. The Balaban J connectivity index is 2.96. The minimum atomic E-state index is -2.66. The molecular weight excluding hydrogens is 246 g/mol. The third-order valence-electron chi connectivity index (χ3n) is 1.64. The van der Waals surface area contributed by atoms with Gasteiger partial charge in [0.2, 0.25) is 0 Å². The molecule has 0 heterocycles. The number of nitrogen functional groups attached to an aromatic ring is 1. The number of ether oxygens (including phenoxy) is 1. The van der Waals surface area contributed by atoms with E-state index in [9.17, 15) is 18.9 Å². The van der Waals surface area contributed by atoms with Gasteiger partial charge in [-0.2, -0.15) is 0 Å². The van der Waals surface area contributed by atoms with Crippen molar-refractivity contribution in [3.05, 3.63) is 27.3 Å². The molecular formula is C8H7ClF2N2O3. The lowest BCUT2D eigenvalue weighted by atomic mass is 10.2. The van der Waals surface area contributed by atoms with Crippen LogP contribution in [0.1, 0.15) is 0 Å². The Morgan fingerprint density at radius 1 is 1.56 bits per heavy atom. The van der Waals surface area contributed by atoms with Crippen LogP contribution < -0.4 is 10.5 Å². The van der Waals surface area contributed by atoms with E-state index in [1.165, 1.54) is 0 Å². The van der Waals surface area contributed by atoms with Crippen LogP contribution in [0, 0.1) is 10.1 Å². The van der Waals surface area contributed by atoms with Crippen LogP contribution in [0.5, 0.6) is 5.75 Å². The normalized spacial score (nSPS) is 10.5. The Kier molecular flexibility index (Phi) is 3.83. The molecule has 0 fully saturated rings. The van der Waals surface area contributed by atoms with Crippen LogP contribution >= 0.6 is 11.6 Å². The average Bonchev–Trinajstić information content (AvgIpc) is 2.18. The quantitative estimate of drug-likeness (QED) is 0.507. The van der Waals surface area contributed by atoms with Crippen molar-refractivity contribution in [3.8, 4) is 5.75 Å². The molecule has 0 aliphatic heterocycles. The van der Waals surface area contributed by atoms with Gasteiger partial charge >= 0.3 is 0 Å². The number of hydrogen-bond donors (Lipinski definition) is 1. The minimum Gasteiger partial charge on any atom is -0.486 e. The fourth-order valence-electron chi connectivity index (χ4n) is 0.980. The van der Waals surface area contributed by atoms with E-state index >= 15 is 0 Å². The summed E-state index contributed by atoms with van der Waals surface area (Å²) in [5.41, 5.74) is 4.74. The molecule has 1 aromatic rings. The second kappa shape index (κ2) is 4.93. The van der Waals surface area contributed by atoms with Crippen LogP contribution in [-0.2, 0) is 0 Å². The summed E-state index contributed by atoms with van der Waals surface area (Å²) in [5, 5.41) is 10.3. The first-order chi connectivity index (χ1) is 7.41. The van der Waals surface area contributed by atoms with Crippen molar-refractivity contribution in [3.63, 3.8) is 0 Å². The summed E-state index contributed by atoms with van der Waals surface area (Å²) in [5.74, 6) is -0.106. The van der Waals surface area contributed by atoms with Gasteiger partial charge in [0.25, 0.3) is 12.1 Å². The van der Waals surface area contributed by atoms with E-state index in [1.54, 1.807) is 0 Å². The number of alkyl halides is 2. The summed E-state index contributed by atoms with van der Waals surface area (Å²) < 4.78 is 28.3. The van der Waals surface area contributed by atoms with E-state index in [4.69, 9.17) is 17.3 Å². The third kappa shape index (κ3) is 2.93. The lowest BCUT2D eigenvalue weighted by molar-refractivity contribution is -0.383. The van der Waals surface area contributed by atoms with Crippen molar-refractivity contribution in [2.45, 2.75) is 6.43 Å². The molecule has 0 atom stereocenters. The third-order valence-corrected chi connectivity index (χ3v) is 1.94. The number of nitrogens with two attached hydrogens (primary N) is 1.